The Bertz CT molecular complexity index is 1180. The average Bonchev–Trinajstić information content (AvgIpc) is 2.72. The Morgan fingerprint density at radius 3 is 2.03 bits per heavy atom. The molecule has 0 aliphatic rings. The Morgan fingerprint density at radius 1 is 0.800 bits per heavy atom. The molecule has 3 N–H and O–H groups in total. The van der Waals surface area contributed by atoms with Crippen LogP contribution in [0.4, 0.5) is 10.1 Å². The lowest BCUT2D eigenvalue weighted by Crippen LogP contribution is -2.41. The number of rotatable bonds is 5. The minimum absolute atomic E-state index is 0.0929. The highest BCUT2D eigenvalue weighted by atomic mass is 32.2. The third kappa shape index (κ3) is 5.00. The molecule has 0 bridgehead atoms. The molecule has 0 aliphatic heterocycles. The van der Waals surface area contributed by atoms with E-state index in [9.17, 15) is 22.4 Å². The van der Waals surface area contributed by atoms with E-state index in [1.807, 2.05) is 0 Å². The van der Waals surface area contributed by atoms with Crippen molar-refractivity contribution < 1.29 is 22.4 Å². The van der Waals surface area contributed by atoms with Crippen LogP contribution in [0.2, 0.25) is 0 Å². The van der Waals surface area contributed by atoms with Crippen LogP contribution >= 0.6 is 0 Å². The first-order chi connectivity index (χ1) is 14.3. The molecular formula is C21H18FN3O4S. The fourth-order valence-electron chi connectivity index (χ4n) is 2.60. The number of nitrogens with one attached hydrogen (secondary N) is 3. The second-order valence-electron chi connectivity index (χ2n) is 6.36. The number of anilines is 1. The number of sulfonamides is 1. The number of benzene rings is 3. The first-order valence-electron chi connectivity index (χ1n) is 8.81. The van der Waals surface area contributed by atoms with Crippen molar-refractivity contribution in [1.29, 1.82) is 0 Å². The topological polar surface area (TPSA) is 104 Å². The molecule has 0 radical (unpaired) electrons. The summed E-state index contributed by atoms with van der Waals surface area (Å²) in [6.45, 7) is 1.78. The maximum absolute atomic E-state index is 13.0. The SMILES string of the molecule is Cc1ccccc1C(=O)NNC(=O)c1ccc(NS(=O)(=O)c2ccc(F)cc2)cc1. The highest BCUT2D eigenvalue weighted by Gasteiger charge is 2.15. The number of hydrogen-bond acceptors (Lipinski definition) is 4. The zero-order valence-corrected chi connectivity index (χ0v) is 16.7. The van der Waals surface area contributed by atoms with Gasteiger partial charge in [-0.15, -0.1) is 0 Å². The first-order valence-corrected chi connectivity index (χ1v) is 10.3. The lowest BCUT2D eigenvalue weighted by Gasteiger charge is -2.10. The number of carbonyl (C=O) groups is 2. The van der Waals surface area contributed by atoms with Gasteiger partial charge in [0.25, 0.3) is 21.8 Å². The molecule has 154 valence electrons. The summed E-state index contributed by atoms with van der Waals surface area (Å²) in [5.74, 6) is -1.56. The second kappa shape index (κ2) is 8.75. The summed E-state index contributed by atoms with van der Waals surface area (Å²) in [5, 5.41) is 0. The van der Waals surface area contributed by atoms with Crippen molar-refractivity contribution in [3.8, 4) is 0 Å². The molecule has 2 amide bonds. The van der Waals surface area contributed by atoms with E-state index in [-0.39, 0.29) is 16.1 Å². The smallest absolute Gasteiger partial charge is 0.269 e. The van der Waals surface area contributed by atoms with Crippen molar-refractivity contribution >= 4 is 27.5 Å². The molecule has 0 spiro atoms. The summed E-state index contributed by atoms with van der Waals surface area (Å²) in [4.78, 5) is 24.3. The van der Waals surface area contributed by atoms with Crippen LogP contribution in [0, 0.1) is 12.7 Å². The van der Waals surface area contributed by atoms with Crippen LogP contribution in [0.15, 0.2) is 77.7 Å². The number of carbonyl (C=O) groups excluding carboxylic acids is 2. The maximum Gasteiger partial charge on any atom is 0.269 e. The Kier molecular flexibility index (Phi) is 6.12. The molecule has 0 heterocycles. The van der Waals surface area contributed by atoms with Gasteiger partial charge in [-0.3, -0.25) is 25.2 Å². The molecule has 3 rings (SSSR count). The van der Waals surface area contributed by atoms with Gasteiger partial charge in [0.2, 0.25) is 0 Å². The molecule has 0 saturated carbocycles. The standard InChI is InChI=1S/C21H18FN3O4S/c1-14-4-2-3-5-19(14)21(27)24-23-20(26)15-6-10-17(11-7-15)25-30(28,29)18-12-8-16(22)9-13-18/h2-13,25H,1H3,(H,23,26)(H,24,27). The van der Waals surface area contributed by atoms with Crippen LogP contribution in [0.5, 0.6) is 0 Å². The Hall–Kier alpha value is -3.72. The Morgan fingerprint density at radius 2 is 1.40 bits per heavy atom. The summed E-state index contributed by atoms with van der Waals surface area (Å²) in [7, 11) is -3.89. The van der Waals surface area contributed by atoms with Crippen molar-refractivity contribution in [1.82, 2.24) is 10.9 Å². The Labute approximate surface area is 173 Å². The molecule has 0 saturated heterocycles. The van der Waals surface area contributed by atoms with Crippen LogP contribution in [0.1, 0.15) is 26.3 Å². The molecular weight excluding hydrogens is 409 g/mol. The predicted octanol–water partition coefficient (Wildman–Crippen LogP) is 3.01. The minimum Gasteiger partial charge on any atom is -0.280 e. The summed E-state index contributed by atoms with van der Waals surface area (Å²) in [6.07, 6.45) is 0. The van der Waals surface area contributed by atoms with E-state index in [1.54, 1.807) is 31.2 Å². The normalized spacial score (nSPS) is 10.9. The van der Waals surface area contributed by atoms with E-state index in [4.69, 9.17) is 0 Å². The van der Waals surface area contributed by atoms with Crippen molar-refractivity contribution in [3.05, 3.63) is 95.3 Å². The number of hydrazine groups is 1. The van der Waals surface area contributed by atoms with Gasteiger partial charge in [0.15, 0.2) is 0 Å². The van der Waals surface area contributed by atoms with Gasteiger partial charge in [-0.2, -0.15) is 0 Å². The van der Waals surface area contributed by atoms with Gasteiger partial charge >= 0.3 is 0 Å². The second-order valence-corrected chi connectivity index (χ2v) is 8.04. The van der Waals surface area contributed by atoms with Gasteiger partial charge in [-0.1, -0.05) is 18.2 Å². The molecule has 0 atom stereocenters. The highest BCUT2D eigenvalue weighted by Crippen LogP contribution is 2.17. The van der Waals surface area contributed by atoms with Gasteiger partial charge in [0, 0.05) is 16.8 Å². The van der Waals surface area contributed by atoms with Crippen molar-refractivity contribution in [2.75, 3.05) is 4.72 Å². The van der Waals surface area contributed by atoms with Crippen LogP contribution in [0.3, 0.4) is 0 Å². The molecule has 0 aromatic heterocycles. The molecule has 0 fully saturated rings. The van der Waals surface area contributed by atoms with Crippen LogP contribution in [-0.4, -0.2) is 20.2 Å². The van der Waals surface area contributed by atoms with Crippen molar-refractivity contribution in [2.45, 2.75) is 11.8 Å². The average molecular weight is 427 g/mol. The summed E-state index contributed by atoms with van der Waals surface area (Å²) < 4.78 is 39.9. The van der Waals surface area contributed by atoms with Gasteiger partial charge in [-0.05, 0) is 67.1 Å². The number of aryl methyl sites for hydroxylation is 1. The monoisotopic (exact) mass is 427 g/mol. The lowest BCUT2D eigenvalue weighted by molar-refractivity contribution is 0.0846. The molecule has 0 unspecified atom stereocenters. The van der Waals surface area contributed by atoms with E-state index in [2.05, 4.69) is 15.6 Å². The summed E-state index contributed by atoms with van der Waals surface area (Å²) in [6, 6.07) is 16.9. The quantitative estimate of drug-likeness (QED) is 0.545. The predicted molar refractivity (Wildman–Crippen MR) is 110 cm³/mol. The zero-order valence-electron chi connectivity index (χ0n) is 15.8. The zero-order chi connectivity index (χ0) is 21.7. The largest absolute Gasteiger partial charge is 0.280 e. The first kappa shape index (κ1) is 21.0. The summed E-state index contributed by atoms with van der Waals surface area (Å²) in [5.41, 5.74) is 6.28. The molecule has 30 heavy (non-hydrogen) atoms. The number of amides is 2. The van der Waals surface area contributed by atoms with E-state index in [0.29, 0.717) is 5.56 Å². The molecule has 3 aromatic carbocycles. The van der Waals surface area contributed by atoms with Gasteiger partial charge in [0.05, 0.1) is 4.90 Å². The van der Waals surface area contributed by atoms with E-state index >= 15 is 0 Å². The van der Waals surface area contributed by atoms with E-state index in [0.717, 1.165) is 29.8 Å². The molecule has 9 heteroatoms. The van der Waals surface area contributed by atoms with E-state index in [1.165, 1.54) is 24.3 Å². The Balaban J connectivity index is 1.62. The van der Waals surface area contributed by atoms with Crippen LogP contribution < -0.4 is 15.6 Å². The van der Waals surface area contributed by atoms with Crippen LogP contribution in [0.25, 0.3) is 0 Å². The maximum atomic E-state index is 13.0. The third-order valence-electron chi connectivity index (χ3n) is 4.20. The lowest BCUT2D eigenvalue weighted by atomic mass is 10.1. The third-order valence-corrected chi connectivity index (χ3v) is 5.60. The van der Waals surface area contributed by atoms with Gasteiger partial charge < -0.3 is 0 Å². The van der Waals surface area contributed by atoms with E-state index < -0.39 is 27.7 Å². The van der Waals surface area contributed by atoms with Gasteiger partial charge in [0.1, 0.15) is 5.82 Å². The van der Waals surface area contributed by atoms with Gasteiger partial charge in [-0.25, -0.2) is 12.8 Å². The van der Waals surface area contributed by atoms with Crippen LogP contribution in [-0.2, 0) is 10.0 Å². The van der Waals surface area contributed by atoms with Crippen molar-refractivity contribution in [2.24, 2.45) is 0 Å². The fraction of sp³-hybridized carbons (Fsp3) is 0.0476. The molecule has 3 aromatic rings. The highest BCUT2D eigenvalue weighted by molar-refractivity contribution is 7.92. The van der Waals surface area contributed by atoms with Crippen molar-refractivity contribution in [3.63, 3.8) is 0 Å². The fourth-order valence-corrected chi connectivity index (χ4v) is 3.66. The number of hydrogen-bond donors (Lipinski definition) is 3. The summed E-state index contributed by atoms with van der Waals surface area (Å²) >= 11 is 0. The molecule has 7 nitrogen and oxygen atoms in total. The molecule has 0 aliphatic carbocycles. The minimum atomic E-state index is -3.89. The number of halogens is 1.